The predicted octanol–water partition coefficient (Wildman–Crippen LogP) is 3.93. The van der Waals surface area contributed by atoms with Gasteiger partial charge in [0.1, 0.15) is 0 Å². The van der Waals surface area contributed by atoms with Crippen LogP contribution in [-0.4, -0.2) is 22.4 Å². The van der Waals surface area contributed by atoms with E-state index in [0.717, 1.165) is 36.6 Å². The van der Waals surface area contributed by atoms with E-state index in [2.05, 4.69) is 56.6 Å². The second-order valence-electron chi connectivity index (χ2n) is 5.85. The molecule has 0 fully saturated rings. The fourth-order valence-corrected chi connectivity index (χ4v) is 2.94. The number of likely N-dealkylation sites (N-methyl/N-ethyl adjacent to an activating group) is 1. The molecule has 0 radical (unpaired) electrons. The Morgan fingerprint density at radius 1 is 1.20 bits per heavy atom. The van der Waals surface area contributed by atoms with E-state index in [9.17, 15) is 0 Å². The van der Waals surface area contributed by atoms with Crippen molar-refractivity contribution in [1.82, 2.24) is 15.1 Å². The van der Waals surface area contributed by atoms with Crippen LogP contribution in [0.4, 0.5) is 0 Å². The average molecular weight is 300 g/mol. The zero-order valence-corrected chi connectivity index (χ0v) is 14.6. The van der Waals surface area contributed by atoms with Gasteiger partial charge >= 0.3 is 0 Å². The van der Waals surface area contributed by atoms with Gasteiger partial charge in [0.25, 0.3) is 0 Å². The molecule has 2 unspecified atom stereocenters. The van der Waals surface area contributed by atoms with Crippen LogP contribution in [0.15, 0.2) is 0 Å². The first kappa shape index (κ1) is 17.5. The number of aryl methyl sites for hydroxylation is 2. The molecule has 1 heterocycles. The number of aromatic nitrogens is 2. The second-order valence-corrected chi connectivity index (χ2v) is 6.23. The molecular weight excluding hydrogens is 270 g/mol. The standard InChI is InChI=1S/C16H30ClN3/c1-7-13-16(17)15(20(9-3)19-13)10-14(18-8-2)12(6)11(4)5/h11-12,14,18H,7-10H2,1-6H3. The lowest BCUT2D eigenvalue weighted by Gasteiger charge is -2.28. The lowest BCUT2D eigenvalue weighted by Crippen LogP contribution is -2.39. The van der Waals surface area contributed by atoms with E-state index >= 15 is 0 Å². The van der Waals surface area contributed by atoms with Crippen LogP contribution in [0.25, 0.3) is 0 Å². The van der Waals surface area contributed by atoms with Crippen LogP contribution in [-0.2, 0) is 19.4 Å². The van der Waals surface area contributed by atoms with Gasteiger partial charge in [0, 0.05) is 19.0 Å². The van der Waals surface area contributed by atoms with Gasteiger partial charge in [0.15, 0.2) is 0 Å². The minimum absolute atomic E-state index is 0.448. The Balaban J connectivity index is 3.01. The molecule has 20 heavy (non-hydrogen) atoms. The van der Waals surface area contributed by atoms with Crippen molar-refractivity contribution in [3.05, 3.63) is 16.4 Å². The number of rotatable bonds is 8. The maximum absolute atomic E-state index is 6.53. The van der Waals surface area contributed by atoms with Crippen molar-refractivity contribution in [1.29, 1.82) is 0 Å². The highest BCUT2D eigenvalue weighted by atomic mass is 35.5. The van der Waals surface area contributed by atoms with Crippen molar-refractivity contribution < 1.29 is 0 Å². The molecule has 4 heteroatoms. The molecule has 0 aromatic carbocycles. The lowest BCUT2D eigenvalue weighted by molar-refractivity contribution is 0.296. The third kappa shape index (κ3) is 3.98. The first-order valence-electron chi connectivity index (χ1n) is 7.93. The lowest BCUT2D eigenvalue weighted by atomic mass is 9.87. The summed E-state index contributed by atoms with van der Waals surface area (Å²) in [5.41, 5.74) is 2.21. The van der Waals surface area contributed by atoms with Gasteiger partial charge in [-0.25, -0.2) is 0 Å². The third-order valence-electron chi connectivity index (χ3n) is 4.26. The number of hydrogen-bond donors (Lipinski definition) is 1. The van der Waals surface area contributed by atoms with Gasteiger partial charge in [0.05, 0.1) is 16.4 Å². The smallest absolute Gasteiger partial charge is 0.0850 e. The zero-order chi connectivity index (χ0) is 15.3. The van der Waals surface area contributed by atoms with Crippen molar-refractivity contribution in [2.24, 2.45) is 11.8 Å². The summed E-state index contributed by atoms with van der Waals surface area (Å²) in [6.45, 7) is 15.1. The molecule has 0 spiro atoms. The van der Waals surface area contributed by atoms with Crippen LogP contribution in [0.2, 0.25) is 5.02 Å². The van der Waals surface area contributed by atoms with Crippen molar-refractivity contribution in [3.8, 4) is 0 Å². The van der Waals surface area contributed by atoms with Crippen LogP contribution in [0.5, 0.6) is 0 Å². The summed E-state index contributed by atoms with van der Waals surface area (Å²) >= 11 is 6.53. The molecule has 116 valence electrons. The minimum atomic E-state index is 0.448. The van der Waals surface area contributed by atoms with E-state index in [-0.39, 0.29) is 0 Å². The molecule has 0 aliphatic rings. The normalized spacial score (nSPS) is 14.8. The quantitative estimate of drug-likeness (QED) is 0.788. The molecule has 0 aliphatic carbocycles. The van der Waals surface area contributed by atoms with Gasteiger partial charge < -0.3 is 5.32 Å². The summed E-state index contributed by atoms with van der Waals surface area (Å²) in [6.07, 6.45) is 1.84. The van der Waals surface area contributed by atoms with Crippen LogP contribution in [0.1, 0.15) is 52.9 Å². The Morgan fingerprint density at radius 3 is 2.30 bits per heavy atom. The van der Waals surface area contributed by atoms with Crippen molar-refractivity contribution in [2.45, 2.75) is 67.0 Å². The Kier molecular flexibility index (Phi) is 7.04. The topological polar surface area (TPSA) is 29.9 Å². The molecule has 0 bridgehead atoms. The molecule has 3 nitrogen and oxygen atoms in total. The number of nitrogens with zero attached hydrogens (tertiary/aromatic N) is 2. The zero-order valence-electron chi connectivity index (χ0n) is 13.8. The van der Waals surface area contributed by atoms with Gasteiger partial charge in [-0.3, -0.25) is 4.68 Å². The molecule has 0 saturated heterocycles. The molecule has 0 amide bonds. The van der Waals surface area contributed by atoms with E-state index in [0.29, 0.717) is 17.9 Å². The largest absolute Gasteiger partial charge is 0.314 e. The second kappa shape index (κ2) is 8.04. The van der Waals surface area contributed by atoms with Crippen molar-refractivity contribution >= 4 is 11.6 Å². The molecule has 1 rings (SSSR count). The molecule has 1 aromatic rings. The molecule has 1 aromatic heterocycles. The predicted molar refractivity (Wildman–Crippen MR) is 87.5 cm³/mol. The monoisotopic (exact) mass is 299 g/mol. The maximum atomic E-state index is 6.53. The summed E-state index contributed by atoms with van der Waals surface area (Å²) in [4.78, 5) is 0. The van der Waals surface area contributed by atoms with Gasteiger partial charge in [-0.1, -0.05) is 46.2 Å². The maximum Gasteiger partial charge on any atom is 0.0850 e. The average Bonchev–Trinajstić information content (AvgIpc) is 2.73. The molecule has 2 atom stereocenters. The van der Waals surface area contributed by atoms with Gasteiger partial charge in [0.2, 0.25) is 0 Å². The minimum Gasteiger partial charge on any atom is -0.314 e. The molecular formula is C16H30ClN3. The van der Waals surface area contributed by atoms with Crippen molar-refractivity contribution in [2.75, 3.05) is 6.54 Å². The Labute approximate surface area is 129 Å². The fourth-order valence-electron chi connectivity index (χ4n) is 2.59. The van der Waals surface area contributed by atoms with E-state index in [1.807, 2.05) is 0 Å². The summed E-state index contributed by atoms with van der Waals surface area (Å²) in [6, 6.07) is 0.448. The SMILES string of the molecule is CCNC(Cc1c(Cl)c(CC)nn1CC)C(C)C(C)C. The van der Waals surface area contributed by atoms with Gasteiger partial charge in [-0.15, -0.1) is 0 Å². The third-order valence-corrected chi connectivity index (χ3v) is 4.70. The molecule has 0 saturated carbocycles. The Hall–Kier alpha value is -0.540. The first-order chi connectivity index (χ1) is 9.46. The summed E-state index contributed by atoms with van der Waals surface area (Å²) in [7, 11) is 0. The Morgan fingerprint density at radius 2 is 1.85 bits per heavy atom. The van der Waals surface area contributed by atoms with Gasteiger partial charge in [-0.2, -0.15) is 5.10 Å². The van der Waals surface area contributed by atoms with Crippen LogP contribution in [0.3, 0.4) is 0 Å². The van der Waals surface area contributed by atoms with Crippen LogP contribution < -0.4 is 5.32 Å². The highest BCUT2D eigenvalue weighted by Gasteiger charge is 2.24. The number of nitrogens with one attached hydrogen (secondary N) is 1. The van der Waals surface area contributed by atoms with Gasteiger partial charge in [-0.05, 0) is 31.7 Å². The summed E-state index contributed by atoms with van der Waals surface area (Å²) < 4.78 is 2.07. The fraction of sp³-hybridized carbons (Fsp3) is 0.812. The molecule has 1 N–H and O–H groups in total. The summed E-state index contributed by atoms with van der Waals surface area (Å²) in [5, 5.41) is 9.11. The van der Waals surface area contributed by atoms with E-state index in [1.54, 1.807) is 0 Å². The van der Waals surface area contributed by atoms with Crippen LogP contribution in [0, 0.1) is 11.8 Å². The number of halogens is 1. The molecule has 0 aliphatic heterocycles. The highest BCUT2D eigenvalue weighted by Crippen LogP contribution is 2.26. The summed E-state index contributed by atoms with van der Waals surface area (Å²) in [5.74, 6) is 1.26. The van der Waals surface area contributed by atoms with E-state index < -0.39 is 0 Å². The van der Waals surface area contributed by atoms with Crippen molar-refractivity contribution in [3.63, 3.8) is 0 Å². The highest BCUT2D eigenvalue weighted by molar-refractivity contribution is 6.31. The Bertz CT molecular complexity index is 412. The van der Waals surface area contributed by atoms with E-state index in [4.69, 9.17) is 11.6 Å². The van der Waals surface area contributed by atoms with Crippen LogP contribution >= 0.6 is 11.6 Å². The first-order valence-corrected chi connectivity index (χ1v) is 8.31. The number of hydrogen-bond acceptors (Lipinski definition) is 2. The van der Waals surface area contributed by atoms with E-state index in [1.165, 1.54) is 5.69 Å².